The zero-order chi connectivity index (χ0) is 15.7. The number of hydrogen-bond donors (Lipinski definition) is 0. The van der Waals surface area contributed by atoms with Gasteiger partial charge in [-0.2, -0.15) is 0 Å². The van der Waals surface area contributed by atoms with Crippen LogP contribution in [0.1, 0.15) is 38.8 Å². The molecule has 0 aliphatic carbocycles. The van der Waals surface area contributed by atoms with Crippen molar-refractivity contribution in [2.45, 2.75) is 65.0 Å². The summed E-state index contributed by atoms with van der Waals surface area (Å²) in [6.45, 7) is 10.7. The van der Waals surface area contributed by atoms with Crippen LogP contribution in [0.2, 0.25) is 0 Å². The Labute approximate surface area is 133 Å². The van der Waals surface area contributed by atoms with Crippen molar-refractivity contribution in [3.8, 4) is 0 Å². The molecule has 0 saturated carbocycles. The van der Waals surface area contributed by atoms with Crippen molar-refractivity contribution in [1.29, 1.82) is 0 Å². The van der Waals surface area contributed by atoms with Gasteiger partial charge < -0.3 is 9.80 Å². The molecular weight excluding hydrogens is 272 g/mol. The quantitative estimate of drug-likeness (QED) is 0.856. The summed E-state index contributed by atoms with van der Waals surface area (Å²) in [6, 6.07) is 10.6. The third-order valence-electron chi connectivity index (χ3n) is 5.06. The van der Waals surface area contributed by atoms with E-state index in [-0.39, 0.29) is 0 Å². The summed E-state index contributed by atoms with van der Waals surface area (Å²) in [6.07, 6.45) is 4.00. The van der Waals surface area contributed by atoms with Gasteiger partial charge in [-0.25, -0.2) is 0 Å². The molecule has 2 aliphatic heterocycles. The monoisotopic (exact) mass is 298 g/mol. The Balaban J connectivity index is 1.66. The molecule has 0 radical (unpaired) electrons. The molecule has 1 aromatic rings. The number of rotatable bonds is 4. The van der Waals surface area contributed by atoms with Gasteiger partial charge in [0.15, 0.2) is 0 Å². The highest BCUT2D eigenvalue weighted by Crippen LogP contribution is 2.19. The Hall–Kier alpha value is -1.84. The summed E-state index contributed by atoms with van der Waals surface area (Å²) in [5, 5.41) is 0. The largest absolute Gasteiger partial charge is 0.354 e. The molecule has 0 aromatic heterocycles. The van der Waals surface area contributed by atoms with Crippen LogP contribution in [0.15, 0.2) is 34.3 Å². The van der Waals surface area contributed by atoms with Crippen molar-refractivity contribution >= 4 is 12.7 Å². The van der Waals surface area contributed by atoms with Gasteiger partial charge in [-0.05, 0) is 38.8 Å². The Bertz CT molecular complexity index is 533. The first-order valence-corrected chi connectivity index (χ1v) is 8.20. The summed E-state index contributed by atoms with van der Waals surface area (Å²) in [5.41, 5.74) is 2.70. The maximum atomic E-state index is 4.49. The smallest absolute Gasteiger partial charge is 0.0860 e. The van der Waals surface area contributed by atoms with Gasteiger partial charge in [0, 0.05) is 25.2 Å². The Morgan fingerprint density at radius 3 is 1.64 bits per heavy atom. The minimum atomic E-state index is 0.395. The zero-order valence-electron chi connectivity index (χ0n) is 14.0. The lowest BCUT2D eigenvalue weighted by Crippen LogP contribution is -2.32. The Morgan fingerprint density at radius 1 is 0.818 bits per heavy atom. The van der Waals surface area contributed by atoms with Crippen molar-refractivity contribution < 1.29 is 0 Å². The van der Waals surface area contributed by atoms with Crippen LogP contribution in [0.3, 0.4) is 0 Å². The molecule has 0 saturated heterocycles. The van der Waals surface area contributed by atoms with E-state index in [1.54, 1.807) is 0 Å². The molecule has 2 heterocycles. The van der Waals surface area contributed by atoms with Gasteiger partial charge in [0.1, 0.15) is 0 Å². The highest BCUT2D eigenvalue weighted by atomic mass is 15.2. The predicted molar refractivity (Wildman–Crippen MR) is 92.4 cm³/mol. The van der Waals surface area contributed by atoms with Gasteiger partial charge in [0.05, 0.1) is 24.8 Å². The van der Waals surface area contributed by atoms with Crippen LogP contribution in [0.5, 0.6) is 0 Å². The number of aliphatic imine (C=N–C) groups is 2. The van der Waals surface area contributed by atoms with Gasteiger partial charge in [-0.15, -0.1) is 0 Å². The van der Waals surface area contributed by atoms with Crippen molar-refractivity contribution in [2.75, 3.05) is 0 Å². The van der Waals surface area contributed by atoms with Gasteiger partial charge in [-0.1, -0.05) is 24.3 Å². The first-order chi connectivity index (χ1) is 10.5. The molecular formula is C18H26N4. The molecule has 4 heteroatoms. The van der Waals surface area contributed by atoms with Crippen LogP contribution in [-0.2, 0) is 13.1 Å². The summed E-state index contributed by atoms with van der Waals surface area (Å²) >= 11 is 0. The minimum absolute atomic E-state index is 0.395. The van der Waals surface area contributed by atoms with Crippen LogP contribution < -0.4 is 0 Å². The fourth-order valence-electron chi connectivity index (χ4n) is 3.01. The number of nitrogens with zero attached hydrogens (tertiary/aromatic N) is 4. The molecule has 0 fully saturated rings. The highest BCUT2D eigenvalue weighted by molar-refractivity contribution is 5.59. The van der Waals surface area contributed by atoms with E-state index in [1.807, 2.05) is 12.7 Å². The molecule has 0 spiro atoms. The maximum Gasteiger partial charge on any atom is 0.0860 e. The van der Waals surface area contributed by atoms with E-state index in [9.17, 15) is 0 Å². The molecule has 118 valence electrons. The average Bonchev–Trinajstić information content (AvgIpc) is 2.98. The average molecular weight is 298 g/mol. The second kappa shape index (κ2) is 6.11. The van der Waals surface area contributed by atoms with Crippen LogP contribution >= 0.6 is 0 Å². The molecule has 2 aliphatic rings. The summed E-state index contributed by atoms with van der Waals surface area (Å²) in [4.78, 5) is 13.6. The van der Waals surface area contributed by atoms with Crippen LogP contribution in [0, 0.1) is 0 Å². The molecule has 1 aromatic carbocycles. The second-order valence-corrected chi connectivity index (χ2v) is 6.66. The fraction of sp³-hybridized carbons (Fsp3) is 0.556. The van der Waals surface area contributed by atoms with Crippen molar-refractivity contribution in [3.05, 3.63) is 35.4 Å². The first-order valence-electron chi connectivity index (χ1n) is 8.20. The first kappa shape index (κ1) is 15.1. The van der Waals surface area contributed by atoms with Gasteiger partial charge in [0.2, 0.25) is 0 Å². The van der Waals surface area contributed by atoms with Crippen molar-refractivity contribution in [3.63, 3.8) is 0 Å². The SMILES string of the molecule is CC1N=CN(Cc2cccc(CN3C=NC(C)C3C)c2)C1C. The maximum absolute atomic E-state index is 4.49. The Morgan fingerprint density at radius 2 is 1.27 bits per heavy atom. The molecule has 4 nitrogen and oxygen atoms in total. The second-order valence-electron chi connectivity index (χ2n) is 6.66. The zero-order valence-corrected chi connectivity index (χ0v) is 14.0. The third kappa shape index (κ3) is 3.01. The molecule has 4 atom stereocenters. The van der Waals surface area contributed by atoms with Gasteiger partial charge in [0.25, 0.3) is 0 Å². The summed E-state index contributed by atoms with van der Waals surface area (Å²) in [7, 11) is 0. The van der Waals surface area contributed by atoms with Crippen LogP contribution in [-0.4, -0.2) is 46.6 Å². The lowest BCUT2D eigenvalue weighted by atomic mass is 10.1. The van der Waals surface area contributed by atoms with Gasteiger partial charge in [-0.3, -0.25) is 9.98 Å². The van der Waals surface area contributed by atoms with E-state index in [0.717, 1.165) is 13.1 Å². The van der Waals surface area contributed by atoms with E-state index < -0.39 is 0 Å². The molecule has 22 heavy (non-hydrogen) atoms. The summed E-state index contributed by atoms with van der Waals surface area (Å²) < 4.78 is 0. The molecule has 4 unspecified atom stereocenters. The number of benzene rings is 1. The van der Waals surface area contributed by atoms with E-state index in [2.05, 4.69) is 71.7 Å². The normalized spacial score (nSPS) is 30.5. The van der Waals surface area contributed by atoms with E-state index in [4.69, 9.17) is 0 Å². The van der Waals surface area contributed by atoms with Crippen LogP contribution in [0.25, 0.3) is 0 Å². The lowest BCUT2D eigenvalue weighted by Gasteiger charge is -2.25. The standard InChI is InChI=1S/C18H26N4/c1-13-15(3)21(11-19-13)9-17-6-5-7-18(8-17)10-22-12-20-14(2)16(22)4/h5-8,11-16H,9-10H2,1-4H3. The number of hydrogen-bond acceptors (Lipinski definition) is 4. The fourth-order valence-corrected chi connectivity index (χ4v) is 3.01. The third-order valence-corrected chi connectivity index (χ3v) is 5.06. The topological polar surface area (TPSA) is 31.2 Å². The Kier molecular flexibility index (Phi) is 4.19. The van der Waals surface area contributed by atoms with Crippen LogP contribution in [0.4, 0.5) is 0 Å². The minimum Gasteiger partial charge on any atom is -0.354 e. The van der Waals surface area contributed by atoms with Crippen molar-refractivity contribution in [1.82, 2.24) is 9.80 Å². The van der Waals surface area contributed by atoms with E-state index in [0.29, 0.717) is 24.2 Å². The highest BCUT2D eigenvalue weighted by Gasteiger charge is 2.24. The molecule has 0 amide bonds. The molecule has 3 rings (SSSR count). The van der Waals surface area contributed by atoms with Crippen molar-refractivity contribution in [2.24, 2.45) is 9.98 Å². The van der Waals surface area contributed by atoms with E-state index in [1.165, 1.54) is 11.1 Å². The lowest BCUT2D eigenvalue weighted by molar-refractivity contribution is 0.327. The predicted octanol–water partition coefficient (Wildman–Crippen LogP) is 2.93. The summed E-state index contributed by atoms with van der Waals surface area (Å²) in [5.74, 6) is 0. The molecule has 0 bridgehead atoms. The van der Waals surface area contributed by atoms with E-state index >= 15 is 0 Å². The van der Waals surface area contributed by atoms with Gasteiger partial charge >= 0.3 is 0 Å². The molecule has 0 N–H and O–H groups in total.